The summed E-state index contributed by atoms with van der Waals surface area (Å²) >= 11 is 6.14. The van der Waals surface area contributed by atoms with E-state index in [9.17, 15) is 8.78 Å². The fraction of sp³-hybridized carbons (Fsp3) is 0. The molecule has 0 saturated carbocycles. The topological polar surface area (TPSA) is 9.23 Å². The average molecular weight is 364 g/mol. The molecular weight excluding hydrogens is 358 g/mol. The van der Waals surface area contributed by atoms with Crippen LogP contribution in [0.5, 0.6) is 11.5 Å². The van der Waals surface area contributed by atoms with Crippen LogP contribution in [-0.2, 0) is 0 Å². The van der Waals surface area contributed by atoms with Crippen molar-refractivity contribution in [2.75, 3.05) is 0 Å². The highest BCUT2D eigenvalue weighted by Gasteiger charge is 2.11. The molecule has 0 amide bonds. The third-order valence-corrected chi connectivity index (χ3v) is 3.59. The molecule has 88 valence electrons. The predicted octanol–water partition coefficient (Wildman–Crippen LogP) is 5.28. The van der Waals surface area contributed by atoms with Crippen LogP contribution in [-0.4, -0.2) is 0 Å². The summed E-state index contributed by atoms with van der Waals surface area (Å²) < 4.78 is 32.3. The third-order valence-electron chi connectivity index (χ3n) is 2.05. The normalized spacial score (nSPS) is 10.4. The van der Waals surface area contributed by atoms with E-state index < -0.39 is 11.6 Å². The Morgan fingerprint density at radius 2 is 1.18 bits per heavy atom. The van der Waals surface area contributed by atoms with Crippen molar-refractivity contribution >= 4 is 31.9 Å². The van der Waals surface area contributed by atoms with Crippen molar-refractivity contribution in [3.05, 3.63) is 57.0 Å². The zero-order chi connectivity index (χ0) is 12.4. The van der Waals surface area contributed by atoms with E-state index in [0.717, 1.165) is 0 Å². The van der Waals surface area contributed by atoms with Crippen LogP contribution < -0.4 is 4.74 Å². The second-order valence-electron chi connectivity index (χ2n) is 3.21. The summed E-state index contributed by atoms with van der Waals surface area (Å²) in [5, 5.41) is 0. The lowest BCUT2D eigenvalue weighted by atomic mass is 10.3. The first kappa shape index (κ1) is 12.5. The second-order valence-corrected chi connectivity index (χ2v) is 4.79. The van der Waals surface area contributed by atoms with Crippen LogP contribution in [0, 0.1) is 11.6 Å². The predicted molar refractivity (Wildman–Crippen MR) is 68.3 cm³/mol. The molecule has 0 bridgehead atoms. The van der Waals surface area contributed by atoms with Crippen LogP contribution in [0.3, 0.4) is 0 Å². The molecule has 0 aliphatic carbocycles. The van der Waals surface area contributed by atoms with Crippen LogP contribution in [0.4, 0.5) is 8.78 Å². The van der Waals surface area contributed by atoms with Gasteiger partial charge in [0.2, 0.25) is 0 Å². The molecule has 2 aromatic rings. The number of benzene rings is 2. The van der Waals surface area contributed by atoms with Gasteiger partial charge in [-0.15, -0.1) is 0 Å². The molecular formula is C12H6Br2F2O. The van der Waals surface area contributed by atoms with Crippen molar-refractivity contribution < 1.29 is 13.5 Å². The molecule has 5 heteroatoms. The maximum Gasteiger partial charge on any atom is 0.144 e. The molecule has 0 aliphatic rings. The monoisotopic (exact) mass is 362 g/mol. The Kier molecular flexibility index (Phi) is 3.79. The van der Waals surface area contributed by atoms with Gasteiger partial charge in [0.15, 0.2) is 0 Å². The van der Waals surface area contributed by atoms with Crippen LogP contribution >= 0.6 is 31.9 Å². The molecule has 1 nitrogen and oxygen atoms in total. The van der Waals surface area contributed by atoms with Crippen molar-refractivity contribution in [2.45, 2.75) is 0 Å². The van der Waals surface area contributed by atoms with Gasteiger partial charge < -0.3 is 4.74 Å². The highest BCUT2D eigenvalue weighted by Crippen LogP contribution is 2.35. The molecule has 0 heterocycles. The van der Waals surface area contributed by atoms with Crippen LogP contribution in [0.1, 0.15) is 0 Å². The van der Waals surface area contributed by atoms with E-state index >= 15 is 0 Å². The van der Waals surface area contributed by atoms with Gasteiger partial charge in [-0.25, -0.2) is 8.78 Å². The van der Waals surface area contributed by atoms with Gasteiger partial charge >= 0.3 is 0 Å². The summed E-state index contributed by atoms with van der Waals surface area (Å²) in [7, 11) is 0. The first-order chi connectivity index (χ1) is 8.09. The molecule has 0 unspecified atom stereocenters. The Balaban J connectivity index is 2.38. The molecule has 17 heavy (non-hydrogen) atoms. The maximum atomic E-state index is 13.2. The van der Waals surface area contributed by atoms with E-state index in [1.165, 1.54) is 24.3 Å². The number of rotatable bonds is 2. The van der Waals surface area contributed by atoms with E-state index in [1.54, 1.807) is 12.1 Å². The van der Waals surface area contributed by atoms with Gasteiger partial charge in [-0.1, -0.05) is 12.1 Å². The standard InChI is InChI=1S/C12H6Br2F2O/c13-11-7(15)3-1-5-9(11)17-10-6-2-4-8(16)12(10)14/h1-6H. The zero-order valence-electron chi connectivity index (χ0n) is 8.38. The number of ether oxygens (including phenoxy) is 1. The van der Waals surface area contributed by atoms with Crippen molar-refractivity contribution in [1.29, 1.82) is 0 Å². The van der Waals surface area contributed by atoms with Crippen molar-refractivity contribution in [1.82, 2.24) is 0 Å². The smallest absolute Gasteiger partial charge is 0.144 e. The van der Waals surface area contributed by atoms with Gasteiger partial charge in [0.1, 0.15) is 23.1 Å². The third kappa shape index (κ3) is 2.66. The van der Waals surface area contributed by atoms with E-state index in [4.69, 9.17) is 4.74 Å². The Hall–Kier alpha value is -0.940. The quantitative estimate of drug-likeness (QED) is 0.705. The number of hydrogen-bond acceptors (Lipinski definition) is 1. The van der Waals surface area contributed by atoms with E-state index in [1.807, 2.05) is 0 Å². The maximum absolute atomic E-state index is 13.2. The lowest BCUT2D eigenvalue weighted by Crippen LogP contribution is -1.90. The zero-order valence-corrected chi connectivity index (χ0v) is 11.6. The lowest BCUT2D eigenvalue weighted by Gasteiger charge is -2.09. The van der Waals surface area contributed by atoms with Crippen LogP contribution in [0.2, 0.25) is 0 Å². The first-order valence-corrected chi connectivity index (χ1v) is 6.24. The molecule has 0 saturated heterocycles. The Morgan fingerprint density at radius 3 is 1.59 bits per heavy atom. The summed E-state index contributed by atoms with van der Waals surface area (Å²) in [6, 6.07) is 8.81. The molecule has 0 atom stereocenters. The largest absolute Gasteiger partial charge is 0.455 e. The molecule has 2 aromatic carbocycles. The molecule has 0 fully saturated rings. The Labute approximate surface area is 114 Å². The van der Waals surface area contributed by atoms with Crippen molar-refractivity contribution in [3.63, 3.8) is 0 Å². The fourth-order valence-corrected chi connectivity index (χ4v) is 1.93. The first-order valence-electron chi connectivity index (χ1n) is 4.65. The number of hydrogen-bond donors (Lipinski definition) is 0. The van der Waals surface area contributed by atoms with E-state index in [0.29, 0.717) is 0 Å². The molecule has 0 aliphatic heterocycles. The van der Waals surface area contributed by atoms with Gasteiger partial charge in [-0.2, -0.15) is 0 Å². The average Bonchev–Trinajstić information content (AvgIpc) is 2.31. The second kappa shape index (κ2) is 5.14. The van der Waals surface area contributed by atoms with Gasteiger partial charge in [-0.05, 0) is 56.1 Å². The highest BCUT2D eigenvalue weighted by atomic mass is 79.9. The SMILES string of the molecule is Fc1cccc(Oc2cccc(F)c2Br)c1Br. The highest BCUT2D eigenvalue weighted by molar-refractivity contribution is 9.11. The molecule has 0 aromatic heterocycles. The Morgan fingerprint density at radius 1 is 0.765 bits per heavy atom. The van der Waals surface area contributed by atoms with Crippen LogP contribution in [0.25, 0.3) is 0 Å². The van der Waals surface area contributed by atoms with E-state index in [-0.39, 0.29) is 20.4 Å². The summed E-state index contributed by atoms with van der Waals surface area (Å²) in [5.41, 5.74) is 0. The van der Waals surface area contributed by atoms with Gasteiger partial charge in [-0.3, -0.25) is 0 Å². The molecule has 0 N–H and O–H groups in total. The summed E-state index contributed by atoms with van der Waals surface area (Å²) in [6.45, 7) is 0. The van der Waals surface area contributed by atoms with Gasteiger partial charge in [0.25, 0.3) is 0 Å². The molecule has 0 spiro atoms. The minimum Gasteiger partial charge on any atom is -0.455 e. The summed E-state index contributed by atoms with van der Waals surface area (Å²) in [5.74, 6) is -0.294. The minimum absolute atomic E-state index is 0.205. The molecule has 0 radical (unpaired) electrons. The van der Waals surface area contributed by atoms with Crippen LogP contribution in [0.15, 0.2) is 45.3 Å². The van der Waals surface area contributed by atoms with Gasteiger partial charge in [0, 0.05) is 0 Å². The number of halogens is 4. The van der Waals surface area contributed by atoms with Crippen molar-refractivity contribution in [2.24, 2.45) is 0 Å². The fourth-order valence-electron chi connectivity index (χ4n) is 1.24. The van der Waals surface area contributed by atoms with E-state index in [2.05, 4.69) is 31.9 Å². The summed E-state index contributed by atoms with van der Waals surface area (Å²) in [6.07, 6.45) is 0. The Bertz CT molecular complexity index is 509. The lowest BCUT2D eigenvalue weighted by molar-refractivity contribution is 0.463. The summed E-state index contributed by atoms with van der Waals surface area (Å²) in [4.78, 5) is 0. The molecule has 2 rings (SSSR count). The minimum atomic E-state index is -0.435. The van der Waals surface area contributed by atoms with Crippen molar-refractivity contribution in [3.8, 4) is 11.5 Å². The van der Waals surface area contributed by atoms with Gasteiger partial charge in [0.05, 0.1) is 8.95 Å².